The van der Waals surface area contributed by atoms with Crippen molar-refractivity contribution in [3.63, 3.8) is 0 Å². The van der Waals surface area contributed by atoms with E-state index in [1.807, 2.05) is 0 Å². The highest BCUT2D eigenvalue weighted by atomic mass is 16.4. The Kier molecular flexibility index (Phi) is 6.05. The summed E-state index contributed by atoms with van der Waals surface area (Å²) in [6, 6.07) is 5.27. The lowest BCUT2D eigenvalue weighted by Gasteiger charge is -2.27. The van der Waals surface area contributed by atoms with E-state index in [1.54, 1.807) is 24.3 Å². The number of nitrogens with one attached hydrogen (secondary N) is 1. The zero-order chi connectivity index (χ0) is 19.3. The maximum absolute atomic E-state index is 12.2. The molecule has 3 atom stereocenters. The number of nitrogens with two attached hydrogens (primary N) is 1. The minimum absolute atomic E-state index is 0.167. The lowest BCUT2D eigenvalue weighted by molar-refractivity contribution is -0.140. The maximum atomic E-state index is 12.2. The van der Waals surface area contributed by atoms with Crippen molar-refractivity contribution in [3.05, 3.63) is 35.4 Å². The monoisotopic (exact) mass is 354 g/mol. The number of amides is 1. The van der Waals surface area contributed by atoms with Gasteiger partial charge in [-0.3, -0.25) is 4.79 Å². The molecule has 0 aromatic heterocycles. The van der Waals surface area contributed by atoms with Crippen molar-refractivity contribution in [1.82, 2.24) is 5.32 Å². The van der Waals surface area contributed by atoms with E-state index in [0.717, 1.165) is 6.42 Å². The van der Waals surface area contributed by atoms with Crippen LogP contribution in [-0.2, 0) is 4.79 Å². The van der Waals surface area contributed by atoms with Crippen LogP contribution in [0.25, 0.3) is 0 Å². The van der Waals surface area contributed by atoms with Crippen molar-refractivity contribution in [3.8, 4) is 23.7 Å². The number of carboxylic acids is 1. The van der Waals surface area contributed by atoms with Gasteiger partial charge in [0.05, 0.1) is 0 Å². The molecule has 0 aliphatic heterocycles. The topological polar surface area (TPSA) is 113 Å². The van der Waals surface area contributed by atoms with Gasteiger partial charge in [0, 0.05) is 29.2 Å². The first-order valence-electron chi connectivity index (χ1n) is 8.27. The van der Waals surface area contributed by atoms with E-state index in [-0.39, 0.29) is 18.4 Å². The Labute approximate surface area is 152 Å². The molecule has 0 spiro atoms. The summed E-state index contributed by atoms with van der Waals surface area (Å²) in [6.07, 6.45) is 0.923. The molecule has 1 aromatic rings. The number of carbonyl (C=O) groups excluding carboxylic acids is 1. The third kappa shape index (κ3) is 5.35. The summed E-state index contributed by atoms with van der Waals surface area (Å²) in [4.78, 5) is 23.5. The minimum atomic E-state index is -1.20. The number of aliphatic hydroxyl groups is 1. The average Bonchev–Trinajstić information content (AvgIpc) is 3.34. The first kappa shape index (κ1) is 19.5. The van der Waals surface area contributed by atoms with E-state index >= 15 is 0 Å². The Morgan fingerprint density at radius 2 is 1.96 bits per heavy atom. The molecule has 26 heavy (non-hydrogen) atoms. The summed E-state index contributed by atoms with van der Waals surface area (Å²) < 4.78 is 0. The molecule has 0 bridgehead atoms. The Balaban J connectivity index is 1.98. The molecule has 1 saturated carbocycles. The lowest BCUT2D eigenvalue weighted by atomic mass is 9.95. The Morgan fingerprint density at radius 1 is 1.31 bits per heavy atom. The van der Waals surface area contributed by atoms with Gasteiger partial charge < -0.3 is 21.3 Å². The second-order valence-electron chi connectivity index (χ2n) is 6.95. The molecule has 2 rings (SSSR count). The van der Waals surface area contributed by atoms with Gasteiger partial charge >= 0.3 is 5.97 Å². The Hall–Kier alpha value is -2.80. The lowest BCUT2D eigenvalue weighted by Crippen LogP contribution is -2.58. The van der Waals surface area contributed by atoms with E-state index in [1.165, 1.54) is 13.8 Å². The summed E-state index contributed by atoms with van der Waals surface area (Å²) >= 11 is 0. The van der Waals surface area contributed by atoms with Gasteiger partial charge in [-0.1, -0.05) is 11.8 Å². The van der Waals surface area contributed by atoms with Gasteiger partial charge in [-0.25, -0.2) is 4.79 Å². The van der Waals surface area contributed by atoms with Crippen molar-refractivity contribution in [2.24, 2.45) is 17.6 Å². The SMILES string of the molecule is CC(C)(N)C(NC(=O)c1ccc(C#CC#C[C@@H]2C[C@H]2CO)cc1)C(=O)O. The first-order chi connectivity index (χ1) is 12.2. The van der Waals surface area contributed by atoms with Crippen molar-refractivity contribution in [2.45, 2.75) is 31.8 Å². The van der Waals surface area contributed by atoms with E-state index in [0.29, 0.717) is 11.1 Å². The zero-order valence-corrected chi connectivity index (χ0v) is 14.7. The maximum Gasteiger partial charge on any atom is 0.328 e. The van der Waals surface area contributed by atoms with E-state index in [2.05, 4.69) is 29.0 Å². The van der Waals surface area contributed by atoms with Gasteiger partial charge in [0.2, 0.25) is 0 Å². The Bertz CT molecular complexity index is 801. The number of rotatable bonds is 5. The van der Waals surface area contributed by atoms with Gasteiger partial charge in [0.25, 0.3) is 5.91 Å². The summed E-state index contributed by atoms with van der Waals surface area (Å²) in [5.74, 6) is 10.2. The molecule has 136 valence electrons. The normalized spacial score (nSPS) is 19.2. The molecule has 6 heteroatoms. The molecule has 1 amide bonds. The van der Waals surface area contributed by atoms with Crippen molar-refractivity contribution < 1.29 is 19.8 Å². The zero-order valence-electron chi connectivity index (χ0n) is 14.7. The van der Waals surface area contributed by atoms with Gasteiger partial charge in [0.15, 0.2) is 0 Å². The van der Waals surface area contributed by atoms with Crippen LogP contribution in [0.5, 0.6) is 0 Å². The molecule has 0 radical (unpaired) electrons. The third-order valence-corrected chi connectivity index (χ3v) is 4.10. The van der Waals surface area contributed by atoms with E-state index in [4.69, 9.17) is 10.8 Å². The molecule has 1 fully saturated rings. The summed E-state index contributed by atoms with van der Waals surface area (Å²) in [7, 11) is 0. The molecule has 0 heterocycles. The number of hydrogen-bond acceptors (Lipinski definition) is 4. The fourth-order valence-electron chi connectivity index (χ4n) is 2.34. The number of aliphatic carboxylic acids is 1. The van der Waals surface area contributed by atoms with Gasteiger partial charge in [0.1, 0.15) is 6.04 Å². The average molecular weight is 354 g/mol. The van der Waals surface area contributed by atoms with Crippen LogP contribution in [0.4, 0.5) is 0 Å². The van der Waals surface area contributed by atoms with Crippen LogP contribution in [0.1, 0.15) is 36.2 Å². The predicted molar refractivity (Wildman–Crippen MR) is 96.9 cm³/mol. The number of carboxylic acid groups (broad SMARTS) is 1. The third-order valence-electron chi connectivity index (χ3n) is 4.10. The van der Waals surface area contributed by atoms with Crippen molar-refractivity contribution in [2.75, 3.05) is 6.61 Å². The minimum Gasteiger partial charge on any atom is -0.480 e. The van der Waals surface area contributed by atoms with Crippen LogP contribution in [0, 0.1) is 35.5 Å². The molecule has 1 aliphatic rings. The molecule has 5 N–H and O–H groups in total. The van der Waals surface area contributed by atoms with Crippen LogP contribution >= 0.6 is 0 Å². The van der Waals surface area contributed by atoms with Crippen LogP contribution in [0.3, 0.4) is 0 Å². The number of benzene rings is 1. The van der Waals surface area contributed by atoms with Crippen LogP contribution < -0.4 is 11.1 Å². The Morgan fingerprint density at radius 3 is 2.46 bits per heavy atom. The molecular formula is C20H22N2O4. The quantitative estimate of drug-likeness (QED) is 0.578. The highest BCUT2D eigenvalue weighted by Gasteiger charge is 2.34. The fourth-order valence-corrected chi connectivity index (χ4v) is 2.34. The smallest absolute Gasteiger partial charge is 0.328 e. The van der Waals surface area contributed by atoms with Gasteiger partial charge in [-0.15, -0.1) is 0 Å². The second kappa shape index (κ2) is 8.05. The number of hydrogen-bond donors (Lipinski definition) is 4. The highest BCUT2D eigenvalue weighted by molar-refractivity contribution is 5.97. The predicted octanol–water partition coefficient (Wildman–Crippen LogP) is 0.590. The van der Waals surface area contributed by atoms with Crippen molar-refractivity contribution in [1.29, 1.82) is 0 Å². The van der Waals surface area contributed by atoms with Crippen LogP contribution in [-0.4, -0.2) is 40.3 Å². The van der Waals surface area contributed by atoms with Gasteiger partial charge in [-0.05, 0) is 62.3 Å². The van der Waals surface area contributed by atoms with Crippen LogP contribution in [0.2, 0.25) is 0 Å². The number of aliphatic hydroxyl groups excluding tert-OH is 1. The number of carbonyl (C=O) groups is 2. The fraction of sp³-hybridized carbons (Fsp3) is 0.400. The van der Waals surface area contributed by atoms with E-state index in [9.17, 15) is 14.7 Å². The van der Waals surface area contributed by atoms with Gasteiger partial charge in [-0.2, -0.15) is 0 Å². The summed E-state index contributed by atoms with van der Waals surface area (Å²) in [6.45, 7) is 3.24. The summed E-state index contributed by atoms with van der Waals surface area (Å²) in [5.41, 5.74) is 5.72. The largest absolute Gasteiger partial charge is 0.480 e. The standard InChI is InChI=1S/C20H22N2O4/c1-20(2,21)17(19(25)26)22-18(24)14-9-7-13(8-10-14)5-3-4-6-15-11-16(15)12-23/h7-10,15-17,23H,11-12,21H2,1-2H3,(H,22,24)(H,25,26)/t15-,16+,17?/m1/s1. The molecule has 1 aliphatic carbocycles. The molecule has 0 saturated heterocycles. The van der Waals surface area contributed by atoms with Crippen molar-refractivity contribution >= 4 is 11.9 Å². The highest BCUT2D eigenvalue weighted by Crippen LogP contribution is 2.36. The molecule has 1 aromatic carbocycles. The molecule has 1 unspecified atom stereocenters. The van der Waals surface area contributed by atoms with Crippen LogP contribution in [0.15, 0.2) is 24.3 Å². The molecule has 6 nitrogen and oxygen atoms in total. The molecular weight excluding hydrogens is 332 g/mol. The van der Waals surface area contributed by atoms with E-state index < -0.39 is 23.5 Å². The second-order valence-corrected chi connectivity index (χ2v) is 6.95. The summed E-state index contributed by atoms with van der Waals surface area (Å²) in [5, 5.41) is 20.6. The first-order valence-corrected chi connectivity index (χ1v) is 8.27.